The van der Waals surface area contributed by atoms with Crippen LogP contribution in [0.2, 0.25) is 0 Å². The van der Waals surface area contributed by atoms with Crippen molar-refractivity contribution in [3.05, 3.63) is 114 Å². The molecule has 0 radical (unpaired) electrons. The van der Waals surface area contributed by atoms with Gasteiger partial charge in [0.1, 0.15) is 41.7 Å². The van der Waals surface area contributed by atoms with Gasteiger partial charge in [0.2, 0.25) is 0 Å². The largest absolute Gasteiger partial charge is 0.459 e. The standard InChI is InChI=1S/C49H60I4N2O5.ClH/c1-7-13-21-37-35(31-39(50)46(57-27-25-54(9-3)10-4)48(37,52)43-29-33-19-15-17-23-41(33)59-43)45(56)36-32-40(51)47(58-28-26-55(11-5)12-6)49(53,38(36)22-14-8-2)44-30-34-20-16-18-24-42(34)60-44;/h15-20,23-24,29-32,46-47H,7-14,21-22,25-28H2,1-6H3;1H. The van der Waals surface area contributed by atoms with Gasteiger partial charge in [0.15, 0.2) is 5.78 Å². The Kier molecular flexibility index (Phi) is 19.8. The van der Waals surface area contributed by atoms with E-state index in [1.807, 2.05) is 36.4 Å². The molecule has 0 saturated carbocycles. The first-order valence-electron chi connectivity index (χ1n) is 21.8. The van der Waals surface area contributed by atoms with E-state index in [1.54, 1.807) is 0 Å². The molecule has 4 atom stereocenters. The number of likely N-dealkylation sites (N-methyl/N-ethyl adjacent to an activating group) is 2. The van der Waals surface area contributed by atoms with E-state index in [1.165, 1.54) is 0 Å². The van der Waals surface area contributed by atoms with E-state index < -0.39 is 6.84 Å². The fraction of sp³-hybridized carbons (Fsp3) is 0.490. The van der Waals surface area contributed by atoms with Gasteiger partial charge in [0.25, 0.3) is 0 Å². The number of carbonyl (C=O) groups is 1. The van der Waals surface area contributed by atoms with Crippen LogP contribution in [0.4, 0.5) is 0 Å². The summed E-state index contributed by atoms with van der Waals surface area (Å²) in [6.45, 7) is 19.9. The molecule has 2 aliphatic rings. The summed E-state index contributed by atoms with van der Waals surface area (Å²) in [6.07, 6.45) is 8.90. The van der Waals surface area contributed by atoms with E-state index in [9.17, 15) is 0 Å². The lowest BCUT2D eigenvalue weighted by Crippen LogP contribution is -2.44. The molecule has 6 rings (SSSR count). The predicted molar refractivity (Wildman–Crippen MR) is 288 cm³/mol. The lowest BCUT2D eigenvalue weighted by molar-refractivity contribution is -0.112. The molecular weight excluding hydrogens is 1240 g/mol. The number of furan rings is 2. The summed E-state index contributed by atoms with van der Waals surface area (Å²) in [5.74, 6) is 1.67. The van der Waals surface area contributed by atoms with E-state index in [0.717, 1.165) is 141 Å². The Labute approximate surface area is 424 Å². The third-order valence-electron chi connectivity index (χ3n) is 12.1. The Morgan fingerprint density at radius 3 is 1.36 bits per heavy atom. The number of nitrogens with zero attached hydrogens (tertiary/aromatic N) is 2. The van der Waals surface area contributed by atoms with E-state index >= 15 is 4.79 Å². The Morgan fingerprint density at radius 1 is 0.639 bits per heavy atom. The minimum absolute atomic E-state index is 0. The molecule has 61 heavy (non-hydrogen) atoms. The number of benzene rings is 2. The normalized spacial score (nSPS) is 22.1. The van der Waals surface area contributed by atoms with Crippen molar-refractivity contribution >= 4 is 130 Å². The fourth-order valence-corrected chi connectivity index (χ4v) is 14.3. The van der Waals surface area contributed by atoms with Gasteiger partial charge in [-0.15, -0.1) is 12.4 Å². The number of rotatable bonds is 22. The molecule has 0 saturated heterocycles. The highest BCUT2D eigenvalue weighted by molar-refractivity contribution is 14.1. The number of ether oxygens (including phenoxy) is 2. The smallest absolute Gasteiger partial charge is 0.193 e. The zero-order valence-electron chi connectivity index (χ0n) is 36.3. The summed E-state index contributed by atoms with van der Waals surface area (Å²) < 4.78 is 28.0. The van der Waals surface area contributed by atoms with Gasteiger partial charge in [-0.25, -0.2) is 0 Å². The maximum atomic E-state index is 16.0. The Morgan fingerprint density at radius 2 is 1.02 bits per heavy atom. The van der Waals surface area contributed by atoms with E-state index in [0.29, 0.717) is 13.2 Å². The zero-order chi connectivity index (χ0) is 43.0. The van der Waals surface area contributed by atoms with Gasteiger partial charge in [0.05, 0.1) is 13.2 Å². The van der Waals surface area contributed by atoms with Crippen LogP contribution in [0, 0.1) is 0 Å². The second-order valence-electron chi connectivity index (χ2n) is 15.7. The number of halogens is 5. The summed E-state index contributed by atoms with van der Waals surface area (Å²) in [7, 11) is 0. The lowest BCUT2D eigenvalue weighted by Gasteiger charge is -2.42. The van der Waals surface area contributed by atoms with Crippen LogP contribution in [-0.2, 0) is 21.1 Å². The molecule has 0 spiro atoms. The van der Waals surface area contributed by atoms with Crippen molar-refractivity contribution in [3.63, 3.8) is 0 Å². The minimum Gasteiger partial charge on any atom is -0.459 e. The number of hydrogen-bond acceptors (Lipinski definition) is 7. The average molecular weight is 1300 g/mol. The van der Waals surface area contributed by atoms with Gasteiger partial charge in [-0.1, -0.05) is 136 Å². The van der Waals surface area contributed by atoms with Crippen molar-refractivity contribution in [1.82, 2.24) is 9.80 Å². The number of ketones is 1. The molecule has 2 heterocycles. The van der Waals surface area contributed by atoms with Crippen LogP contribution in [0.1, 0.15) is 91.6 Å². The highest BCUT2D eigenvalue weighted by atomic mass is 127. The van der Waals surface area contributed by atoms with Gasteiger partial charge in [0, 0.05) is 42.2 Å². The third kappa shape index (κ3) is 10.9. The van der Waals surface area contributed by atoms with Crippen LogP contribution in [-0.4, -0.2) is 80.3 Å². The number of fused-ring (bicyclic) bond motifs is 2. The molecule has 0 amide bonds. The lowest BCUT2D eigenvalue weighted by atomic mass is 9.74. The molecule has 332 valence electrons. The summed E-state index contributed by atoms with van der Waals surface area (Å²) in [4.78, 5) is 20.7. The van der Waals surface area contributed by atoms with Crippen LogP contribution in [0.15, 0.2) is 111 Å². The fourth-order valence-electron chi connectivity index (χ4n) is 8.53. The van der Waals surface area contributed by atoms with E-state index in [-0.39, 0.29) is 30.4 Å². The highest BCUT2D eigenvalue weighted by Gasteiger charge is 2.53. The third-order valence-corrected chi connectivity index (χ3v) is 17.4. The molecule has 7 nitrogen and oxygen atoms in total. The molecule has 0 fully saturated rings. The van der Waals surface area contributed by atoms with Crippen LogP contribution < -0.4 is 0 Å². The number of unbranched alkanes of at least 4 members (excludes halogenated alkanes) is 2. The molecular formula is C49H61ClI4N2O5. The summed E-state index contributed by atoms with van der Waals surface area (Å²) in [5.41, 5.74) is 5.26. The summed E-state index contributed by atoms with van der Waals surface area (Å²) in [6, 6.07) is 20.7. The van der Waals surface area contributed by atoms with Crippen molar-refractivity contribution in [2.24, 2.45) is 0 Å². The first-order valence-corrected chi connectivity index (χ1v) is 26.1. The van der Waals surface area contributed by atoms with Gasteiger partial charge in [-0.2, -0.15) is 0 Å². The number of para-hydroxylation sites is 2. The Balaban J connectivity index is 0.00000704. The predicted octanol–water partition coefficient (Wildman–Crippen LogP) is 14.2. The summed E-state index contributed by atoms with van der Waals surface area (Å²) >= 11 is 10.0. The van der Waals surface area contributed by atoms with Crippen LogP contribution >= 0.6 is 103 Å². The van der Waals surface area contributed by atoms with Crippen LogP contribution in [0.3, 0.4) is 0 Å². The van der Waals surface area contributed by atoms with Gasteiger partial charge in [-0.05, 0) is 145 Å². The number of allylic oxidation sites excluding steroid dienone is 4. The van der Waals surface area contributed by atoms with Gasteiger partial charge in [-0.3, -0.25) is 4.79 Å². The topological polar surface area (TPSA) is 68.3 Å². The van der Waals surface area contributed by atoms with Crippen molar-refractivity contribution in [2.45, 2.75) is 99.1 Å². The number of hydrogen-bond donors (Lipinski definition) is 0. The monoisotopic (exact) mass is 1300 g/mol. The Bertz CT molecular complexity index is 2020. The maximum Gasteiger partial charge on any atom is 0.193 e. The van der Waals surface area contributed by atoms with E-state index in [4.69, 9.17) is 18.3 Å². The number of Topliss-reactive ketones (excluding diaryl/α,β-unsaturated/α-hetero) is 1. The Hall–Kier alpha value is -0.800. The first kappa shape index (κ1) is 51.2. The molecule has 4 unspecified atom stereocenters. The number of carbonyl (C=O) groups excluding carboxylic acids is 1. The SMILES string of the molecule is CCCCC1=C(C(=O)C2=C(CCCC)C(I)(c3cc4ccccc4o3)C(OCCN(CC)CC)C(I)=C2)C=C(I)C(OCCN(CC)CC)C1(I)c1cc2ccccc2o1.Cl. The number of alkyl halides is 2. The minimum atomic E-state index is -0.766. The van der Waals surface area contributed by atoms with Gasteiger partial charge >= 0.3 is 0 Å². The van der Waals surface area contributed by atoms with Crippen molar-refractivity contribution in [1.29, 1.82) is 0 Å². The molecule has 0 bridgehead atoms. The molecule has 2 aromatic heterocycles. The van der Waals surface area contributed by atoms with E-state index in [2.05, 4.69) is 178 Å². The molecule has 4 aromatic rings. The maximum absolute atomic E-state index is 16.0. The van der Waals surface area contributed by atoms with Crippen LogP contribution in [0.25, 0.3) is 21.9 Å². The molecule has 12 heteroatoms. The van der Waals surface area contributed by atoms with Crippen molar-refractivity contribution < 1.29 is 23.1 Å². The zero-order valence-corrected chi connectivity index (χ0v) is 45.8. The second kappa shape index (κ2) is 23.6. The van der Waals surface area contributed by atoms with Gasteiger partial charge < -0.3 is 28.1 Å². The molecule has 2 aliphatic carbocycles. The van der Waals surface area contributed by atoms with Crippen molar-refractivity contribution in [3.8, 4) is 0 Å². The molecule has 0 N–H and O–H groups in total. The molecule has 0 aliphatic heterocycles. The summed E-state index contributed by atoms with van der Waals surface area (Å²) in [5, 5.41) is 2.08. The van der Waals surface area contributed by atoms with Crippen LogP contribution in [0.5, 0.6) is 0 Å². The highest BCUT2D eigenvalue weighted by Crippen LogP contribution is 2.57. The quantitative estimate of drug-likeness (QED) is 0.0574. The average Bonchev–Trinajstić information content (AvgIpc) is 3.91. The van der Waals surface area contributed by atoms with Crippen molar-refractivity contribution in [2.75, 3.05) is 52.5 Å². The second-order valence-corrected chi connectivity index (χ2v) is 21.5. The molecule has 2 aromatic carbocycles. The first-order chi connectivity index (χ1) is 29.0.